The average molecular weight is 341 g/mol. The van der Waals surface area contributed by atoms with E-state index in [2.05, 4.69) is 9.97 Å². The van der Waals surface area contributed by atoms with Gasteiger partial charge in [0.1, 0.15) is 16.4 Å². The Labute approximate surface area is 140 Å². The van der Waals surface area contributed by atoms with Crippen molar-refractivity contribution in [2.45, 2.75) is 38.8 Å². The zero-order chi connectivity index (χ0) is 17.2. The summed E-state index contributed by atoms with van der Waals surface area (Å²) in [6.45, 7) is 6.48. The van der Waals surface area contributed by atoms with Gasteiger partial charge in [0, 0.05) is 20.1 Å². The van der Waals surface area contributed by atoms with Gasteiger partial charge in [-0.1, -0.05) is 11.6 Å². The highest BCUT2D eigenvalue weighted by Crippen LogP contribution is 2.19. The lowest BCUT2D eigenvalue weighted by atomic mass is 10.2. The summed E-state index contributed by atoms with van der Waals surface area (Å²) in [5.41, 5.74) is -0.303. The predicted octanol–water partition coefficient (Wildman–Crippen LogP) is 2.21. The molecule has 1 atom stereocenters. The average Bonchev–Trinajstić information content (AvgIpc) is 2.94. The van der Waals surface area contributed by atoms with Gasteiger partial charge in [0.05, 0.1) is 18.4 Å². The van der Waals surface area contributed by atoms with E-state index >= 15 is 0 Å². The number of carbonyl (C=O) groups is 2. The summed E-state index contributed by atoms with van der Waals surface area (Å²) in [6.07, 6.45) is 3.03. The molecular weight excluding hydrogens is 320 g/mol. The maximum Gasteiger partial charge on any atom is 0.410 e. The first-order valence-electron chi connectivity index (χ1n) is 7.40. The Balaban J connectivity index is 1.96. The first-order valence-corrected chi connectivity index (χ1v) is 7.78. The van der Waals surface area contributed by atoms with Gasteiger partial charge in [-0.2, -0.15) is 0 Å². The lowest BCUT2D eigenvalue weighted by molar-refractivity contribution is 0.0279. The fraction of sp³-hybridized carbons (Fsp3) is 0.600. The third-order valence-corrected chi connectivity index (χ3v) is 3.72. The summed E-state index contributed by atoms with van der Waals surface area (Å²) >= 11 is 5.67. The number of likely N-dealkylation sites (tertiary alicyclic amines) is 1. The maximum absolute atomic E-state index is 12.4. The van der Waals surface area contributed by atoms with E-state index in [-0.39, 0.29) is 28.9 Å². The van der Waals surface area contributed by atoms with Crippen LogP contribution in [0.1, 0.15) is 37.7 Å². The molecule has 1 aromatic rings. The van der Waals surface area contributed by atoms with Crippen LogP contribution < -0.4 is 0 Å². The molecule has 2 rings (SSSR count). The molecule has 0 aromatic carbocycles. The number of hydrogen-bond donors (Lipinski definition) is 0. The molecule has 1 aliphatic heterocycles. The van der Waals surface area contributed by atoms with Crippen LogP contribution in [0.2, 0.25) is 5.15 Å². The van der Waals surface area contributed by atoms with Crippen molar-refractivity contribution in [3.63, 3.8) is 0 Å². The van der Waals surface area contributed by atoms with Crippen molar-refractivity contribution in [3.05, 3.63) is 23.2 Å². The van der Waals surface area contributed by atoms with Crippen molar-refractivity contribution in [2.75, 3.05) is 20.1 Å². The van der Waals surface area contributed by atoms with Crippen molar-refractivity contribution >= 4 is 23.6 Å². The first-order chi connectivity index (χ1) is 10.7. The third-order valence-electron chi connectivity index (χ3n) is 3.52. The molecule has 0 saturated carbocycles. The second-order valence-corrected chi connectivity index (χ2v) is 6.90. The molecule has 0 spiro atoms. The molecule has 0 radical (unpaired) electrons. The number of aromatic nitrogens is 2. The summed E-state index contributed by atoms with van der Waals surface area (Å²) in [6, 6.07) is -0.0764. The minimum Gasteiger partial charge on any atom is -0.444 e. The molecule has 1 aromatic heterocycles. The van der Waals surface area contributed by atoms with Crippen LogP contribution in [0.3, 0.4) is 0 Å². The summed E-state index contributed by atoms with van der Waals surface area (Å²) in [5.74, 6) is -0.245. The van der Waals surface area contributed by atoms with Gasteiger partial charge in [-0.15, -0.1) is 0 Å². The number of hydrogen-bond acceptors (Lipinski definition) is 5. The van der Waals surface area contributed by atoms with E-state index in [4.69, 9.17) is 16.3 Å². The molecular formula is C15H21ClN4O3. The van der Waals surface area contributed by atoms with E-state index in [1.165, 1.54) is 12.4 Å². The molecule has 1 unspecified atom stereocenters. The lowest BCUT2D eigenvalue weighted by Crippen LogP contribution is -2.41. The van der Waals surface area contributed by atoms with Crippen LogP contribution in [0.25, 0.3) is 0 Å². The van der Waals surface area contributed by atoms with Crippen LogP contribution in [-0.2, 0) is 4.74 Å². The van der Waals surface area contributed by atoms with E-state index in [9.17, 15) is 9.59 Å². The topological polar surface area (TPSA) is 75.6 Å². The number of ether oxygens (including phenoxy) is 1. The quantitative estimate of drug-likeness (QED) is 0.825. The molecule has 0 N–H and O–H groups in total. The molecule has 1 aliphatic rings. The van der Waals surface area contributed by atoms with E-state index in [1.807, 2.05) is 20.8 Å². The second kappa shape index (κ2) is 6.70. The van der Waals surface area contributed by atoms with Crippen molar-refractivity contribution in [1.82, 2.24) is 19.8 Å². The number of amides is 2. The van der Waals surface area contributed by atoms with Gasteiger partial charge >= 0.3 is 6.09 Å². The number of halogens is 1. The Morgan fingerprint density at radius 1 is 1.35 bits per heavy atom. The van der Waals surface area contributed by atoms with Crippen molar-refractivity contribution in [1.29, 1.82) is 0 Å². The van der Waals surface area contributed by atoms with Gasteiger partial charge in [0.15, 0.2) is 0 Å². The van der Waals surface area contributed by atoms with Crippen molar-refractivity contribution in [2.24, 2.45) is 0 Å². The predicted molar refractivity (Wildman–Crippen MR) is 85.3 cm³/mol. The maximum atomic E-state index is 12.4. The van der Waals surface area contributed by atoms with Gasteiger partial charge < -0.3 is 14.5 Å². The SMILES string of the molecule is CN(C(=O)c1cnc(Cl)cn1)C1CCN(C(=O)OC(C)(C)C)C1. The summed E-state index contributed by atoms with van der Waals surface area (Å²) in [4.78, 5) is 35.5. The Kier molecular flexibility index (Phi) is 5.09. The smallest absolute Gasteiger partial charge is 0.410 e. The number of nitrogens with zero attached hydrogens (tertiary/aromatic N) is 4. The van der Waals surface area contributed by atoms with E-state index in [1.54, 1.807) is 16.8 Å². The minimum atomic E-state index is -0.532. The Morgan fingerprint density at radius 2 is 2.04 bits per heavy atom. The number of rotatable bonds is 2. The van der Waals surface area contributed by atoms with Crippen molar-refractivity contribution < 1.29 is 14.3 Å². The Morgan fingerprint density at radius 3 is 2.61 bits per heavy atom. The molecule has 2 heterocycles. The largest absolute Gasteiger partial charge is 0.444 e. The van der Waals surface area contributed by atoms with Crippen LogP contribution >= 0.6 is 11.6 Å². The number of likely N-dealkylation sites (N-methyl/N-ethyl adjacent to an activating group) is 1. The standard InChI is InChI=1S/C15H21ClN4O3/c1-15(2,3)23-14(22)20-6-5-10(9-20)19(4)13(21)11-7-18-12(16)8-17-11/h7-8,10H,5-6,9H2,1-4H3. The van der Waals surface area contributed by atoms with E-state index in [0.29, 0.717) is 19.5 Å². The monoisotopic (exact) mass is 340 g/mol. The van der Waals surface area contributed by atoms with Gasteiger partial charge in [0.2, 0.25) is 0 Å². The Bertz CT molecular complexity index is 585. The Hall–Kier alpha value is -1.89. The summed E-state index contributed by atoms with van der Waals surface area (Å²) < 4.78 is 5.35. The normalized spacial score (nSPS) is 18.0. The highest BCUT2D eigenvalue weighted by atomic mass is 35.5. The van der Waals surface area contributed by atoms with Crippen LogP contribution in [0.5, 0.6) is 0 Å². The molecule has 7 nitrogen and oxygen atoms in total. The highest BCUT2D eigenvalue weighted by Gasteiger charge is 2.33. The zero-order valence-electron chi connectivity index (χ0n) is 13.7. The van der Waals surface area contributed by atoms with Crippen LogP contribution in [0.15, 0.2) is 12.4 Å². The molecule has 2 amide bonds. The highest BCUT2D eigenvalue weighted by molar-refractivity contribution is 6.29. The second-order valence-electron chi connectivity index (χ2n) is 6.51. The molecule has 0 aliphatic carbocycles. The lowest BCUT2D eigenvalue weighted by Gasteiger charge is -2.26. The fourth-order valence-electron chi connectivity index (χ4n) is 2.32. The zero-order valence-corrected chi connectivity index (χ0v) is 14.5. The summed E-state index contributed by atoms with van der Waals surface area (Å²) in [7, 11) is 1.70. The van der Waals surface area contributed by atoms with Crippen LogP contribution in [0, 0.1) is 0 Å². The molecule has 126 valence electrons. The number of carbonyl (C=O) groups excluding carboxylic acids is 2. The minimum absolute atomic E-state index is 0.0764. The van der Waals surface area contributed by atoms with Gasteiger partial charge in [0.25, 0.3) is 5.91 Å². The molecule has 1 fully saturated rings. The van der Waals surface area contributed by atoms with E-state index in [0.717, 1.165) is 0 Å². The molecule has 1 saturated heterocycles. The molecule has 23 heavy (non-hydrogen) atoms. The molecule has 8 heteroatoms. The fourth-order valence-corrected chi connectivity index (χ4v) is 2.42. The van der Waals surface area contributed by atoms with Crippen LogP contribution in [-0.4, -0.2) is 63.5 Å². The molecule has 0 bridgehead atoms. The van der Waals surface area contributed by atoms with Crippen molar-refractivity contribution in [3.8, 4) is 0 Å². The van der Waals surface area contributed by atoms with Gasteiger partial charge in [-0.25, -0.2) is 14.8 Å². The summed E-state index contributed by atoms with van der Waals surface area (Å²) in [5, 5.41) is 0.237. The first kappa shape index (κ1) is 17.5. The van der Waals surface area contributed by atoms with Gasteiger partial charge in [-0.3, -0.25) is 4.79 Å². The third kappa shape index (κ3) is 4.54. The van der Waals surface area contributed by atoms with Gasteiger partial charge in [-0.05, 0) is 27.2 Å². The van der Waals surface area contributed by atoms with E-state index < -0.39 is 5.60 Å². The van der Waals surface area contributed by atoms with Crippen LogP contribution in [0.4, 0.5) is 4.79 Å².